The molecule has 0 bridgehead atoms. The lowest BCUT2D eigenvalue weighted by Crippen LogP contribution is -2.38. The van der Waals surface area contributed by atoms with Crippen LogP contribution in [0.2, 0.25) is 0 Å². The minimum absolute atomic E-state index is 0.0140. The van der Waals surface area contributed by atoms with E-state index in [-0.39, 0.29) is 11.7 Å². The summed E-state index contributed by atoms with van der Waals surface area (Å²) in [6.45, 7) is 2.84. The molecule has 1 aromatic rings. The van der Waals surface area contributed by atoms with Gasteiger partial charge in [-0.2, -0.15) is 0 Å². The standard InChI is InChI=1S/C16H21FN2O/c1-19(12-14-3-2-10-18-11-14)16(20)9-6-13-4-7-15(17)8-5-13/h4-9,14,18H,2-3,10-12H2,1H3/b9-6+. The molecule has 0 spiro atoms. The normalized spacial score (nSPS) is 19.2. The Labute approximate surface area is 119 Å². The molecule has 1 N–H and O–H groups in total. The van der Waals surface area contributed by atoms with E-state index in [9.17, 15) is 9.18 Å². The maximum absolute atomic E-state index is 12.8. The molecular weight excluding hydrogens is 255 g/mol. The van der Waals surface area contributed by atoms with Crippen molar-refractivity contribution in [3.05, 3.63) is 41.7 Å². The average molecular weight is 276 g/mol. The third-order valence-electron chi connectivity index (χ3n) is 3.60. The molecule has 1 fully saturated rings. The van der Waals surface area contributed by atoms with Crippen LogP contribution in [0.15, 0.2) is 30.3 Å². The fourth-order valence-electron chi connectivity index (χ4n) is 2.43. The summed E-state index contributed by atoms with van der Waals surface area (Å²) in [5, 5.41) is 3.35. The maximum Gasteiger partial charge on any atom is 0.246 e. The van der Waals surface area contributed by atoms with E-state index >= 15 is 0 Å². The Morgan fingerprint density at radius 3 is 2.85 bits per heavy atom. The molecule has 0 aliphatic carbocycles. The highest BCUT2D eigenvalue weighted by Crippen LogP contribution is 2.11. The molecule has 20 heavy (non-hydrogen) atoms. The first-order chi connectivity index (χ1) is 9.65. The van der Waals surface area contributed by atoms with Gasteiger partial charge in [0, 0.05) is 19.7 Å². The van der Waals surface area contributed by atoms with Crippen molar-refractivity contribution in [3.8, 4) is 0 Å². The van der Waals surface area contributed by atoms with Gasteiger partial charge >= 0.3 is 0 Å². The van der Waals surface area contributed by atoms with E-state index in [0.717, 1.165) is 25.2 Å². The lowest BCUT2D eigenvalue weighted by molar-refractivity contribution is -0.125. The Bertz CT molecular complexity index is 464. The Morgan fingerprint density at radius 2 is 2.20 bits per heavy atom. The molecule has 1 unspecified atom stereocenters. The molecular formula is C16H21FN2O. The smallest absolute Gasteiger partial charge is 0.246 e. The van der Waals surface area contributed by atoms with Crippen molar-refractivity contribution in [2.24, 2.45) is 5.92 Å². The van der Waals surface area contributed by atoms with Gasteiger partial charge < -0.3 is 10.2 Å². The first kappa shape index (κ1) is 14.7. The molecule has 0 radical (unpaired) electrons. The highest BCUT2D eigenvalue weighted by Gasteiger charge is 2.16. The van der Waals surface area contributed by atoms with E-state index in [1.54, 1.807) is 29.2 Å². The number of halogens is 1. The van der Waals surface area contributed by atoms with Gasteiger partial charge in [-0.25, -0.2) is 4.39 Å². The van der Waals surface area contributed by atoms with Crippen molar-refractivity contribution in [2.45, 2.75) is 12.8 Å². The zero-order chi connectivity index (χ0) is 14.4. The minimum atomic E-state index is -0.268. The lowest BCUT2D eigenvalue weighted by Gasteiger charge is -2.27. The number of hydrogen-bond donors (Lipinski definition) is 1. The molecule has 4 heteroatoms. The molecule has 108 valence electrons. The average Bonchev–Trinajstić information content (AvgIpc) is 2.47. The highest BCUT2D eigenvalue weighted by atomic mass is 19.1. The number of benzene rings is 1. The molecule has 3 nitrogen and oxygen atoms in total. The fraction of sp³-hybridized carbons (Fsp3) is 0.438. The monoisotopic (exact) mass is 276 g/mol. The summed E-state index contributed by atoms with van der Waals surface area (Å²) >= 11 is 0. The van der Waals surface area contributed by atoms with Crippen LogP contribution in [-0.2, 0) is 4.79 Å². The van der Waals surface area contributed by atoms with Gasteiger partial charge in [-0.15, -0.1) is 0 Å². The van der Waals surface area contributed by atoms with Crippen LogP contribution in [0.5, 0.6) is 0 Å². The molecule has 1 saturated heterocycles. The fourth-order valence-corrected chi connectivity index (χ4v) is 2.43. The molecule has 1 atom stereocenters. The van der Waals surface area contributed by atoms with Gasteiger partial charge in [0.1, 0.15) is 5.82 Å². The Balaban J connectivity index is 1.85. The van der Waals surface area contributed by atoms with Crippen LogP contribution in [0, 0.1) is 11.7 Å². The van der Waals surface area contributed by atoms with Gasteiger partial charge in [-0.05, 0) is 55.6 Å². The Hall–Kier alpha value is -1.68. The highest BCUT2D eigenvalue weighted by molar-refractivity contribution is 5.91. The summed E-state index contributed by atoms with van der Waals surface area (Å²) in [7, 11) is 1.83. The van der Waals surface area contributed by atoms with E-state index < -0.39 is 0 Å². The predicted molar refractivity (Wildman–Crippen MR) is 78.7 cm³/mol. The van der Waals surface area contributed by atoms with Crippen molar-refractivity contribution in [2.75, 3.05) is 26.7 Å². The van der Waals surface area contributed by atoms with Crippen LogP contribution < -0.4 is 5.32 Å². The summed E-state index contributed by atoms with van der Waals surface area (Å²) in [6, 6.07) is 6.09. The van der Waals surface area contributed by atoms with Gasteiger partial charge in [-0.1, -0.05) is 12.1 Å². The van der Waals surface area contributed by atoms with Gasteiger partial charge in [0.05, 0.1) is 0 Å². The summed E-state index contributed by atoms with van der Waals surface area (Å²) in [4.78, 5) is 13.7. The third-order valence-corrected chi connectivity index (χ3v) is 3.60. The number of amides is 1. The zero-order valence-electron chi connectivity index (χ0n) is 11.8. The third kappa shape index (κ3) is 4.46. The maximum atomic E-state index is 12.8. The molecule has 1 aromatic carbocycles. The Kier molecular flexibility index (Phi) is 5.30. The number of carbonyl (C=O) groups is 1. The number of carbonyl (C=O) groups excluding carboxylic acids is 1. The summed E-state index contributed by atoms with van der Waals surface area (Å²) in [5.74, 6) is 0.257. The number of nitrogens with zero attached hydrogens (tertiary/aromatic N) is 1. The number of rotatable bonds is 4. The lowest BCUT2D eigenvalue weighted by atomic mass is 9.99. The van der Waals surface area contributed by atoms with E-state index in [1.807, 2.05) is 7.05 Å². The minimum Gasteiger partial charge on any atom is -0.342 e. The molecule has 0 saturated carbocycles. The molecule has 1 aliphatic heterocycles. The summed E-state index contributed by atoms with van der Waals surface area (Å²) < 4.78 is 12.8. The van der Waals surface area contributed by atoms with Crippen LogP contribution in [0.3, 0.4) is 0 Å². The Morgan fingerprint density at radius 1 is 1.45 bits per heavy atom. The summed E-state index contributed by atoms with van der Waals surface area (Å²) in [6.07, 6.45) is 5.62. The quantitative estimate of drug-likeness (QED) is 0.856. The van der Waals surface area contributed by atoms with Crippen LogP contribution in [0.1, 0.15) is 18.4 Å². The van der Waals surface area contributed by atoms with E-state index in [0.29, 0.717) is 5.92 Å². The second-order valence-corrected chi connectivity index (χ2v) is 5.32. The second kappa shape index (κ2) is 7.20. The van der Waals surface area contributed by atoms with Gasteiger partial charge in [0.15, 0.2) is 0 Å². The number of likely N-dealkylation sites (N-methyl/N-ethyl adjacent to an activating group) is 1. The van der Waals surface area contributed by atoms with Gasteiger partial charge in [-0.3, -0.25) is 4.79 Å². The van der Waals surface area contributed by atoms with Crippen LogP contribution >= 0.6 is 0 Å². The molecule has 1 heterocycles. The molecule has 1 amide bonds. The van der Waals surface area contributed by atoms with Crippen molar-refractivity contribution >= 4 is 12.0 Å². The van der Waals surface area contributed by atoms with E-state index in [2.05, 4.69) is 5.32 Å². The SMILES string of the molecule is CN(CC1CCCNC1)C(=O)/C=C/c1ccc(F)cc1. The number of nitrogens with one attached hydrogen (secondary N) is 1. The predicted octanol–water partition coefficient (Wildman–Crippen LogP) is 2.30. The van der Waals surface area contributed by atoms with Crippen molar-refractivity contribution < 1.29 is 9.18 Å². The topological polar surface area (TPSA) is 32.3 Å². The molecule has 0 aromatic heterocycles. The van der Waals surface area contributed by atoms with Crippen LogP contribution in [0.25, 0.3) is 6.08 Å². The number of piperidine rings is 1. The van der Waals surface area contributed by atoms with Gasteiger partial charge in [0.2, 0.25) is 5.91 Å². The largest absolute Gasteiger partial charge is 0.342 e. The molecule has 2 rings (SSSR count). The van der Waals surface area contributed by atoms with E-state index in [1.165, 1.54) is 25.0 Å². The zero-order valence-corrected chi connectivity index (χ0v) is 11.8. The van der Waals surface area contributed by atoms with E-state index in [4.69, 9.17) is 0 Å². The van der Waals surface area contributed by atoms with Gasteiger partial charge in [0.25, 0.3) is 0 Å². The van der Waals surface area contributed by atoms with Crippen molar-refractivity contribution in [1.82, 2.24) is 10.2 Å². The van der Waals surface area contributed by atoms with Crippen molar-refractivity contribution in [3.63, 3.8) is 0 Å². The van der Waals surface area contributed by atoms with Crippen LogP contribution in [-0.4, -0.2) is 37.5 Å². The first-order valence-electron chi connectivity index (χ1n) is 7.04. The second-order valence-electron chi connectivity index (χ2n) is 5.32. The number of hydrogen-bond acceptors (Lipinski definition) is 2. The first-order valence-corrected chi connectivity index (χ1v) is 7.04. The summed E-state index contributed by atoms with van der Waals surface area (Å²) in [5.41, 5.74) is 0.826. The molecule has 1 aliphatic rings. The van der Waals surface area contributed by atoms with Crippen molar-refractivity contribution in [1.29, 1.82) is 0 Å². The van der Waals surface area contributed by atoms with Crippen LogP contribution in [0.4, 0.5) is 4.39 Å².